The summed E-state index contributed by atoms with van der Waals surface area (Å²) in [6.07, 6.45) is 0.297. The molecule has 0 amide bonds. The summed E-state index contributed by atoms with van der Waals surface area (Å²) in [6.45, 7) is 2.94. The van der Waals surface area contributed by atoms with Crippen molar-refractivity contribution in [3.8, 4) is 0 Å². The number of hydrogen-bond acceptors (Lipinski definition) is 5. The molecule has 2 rings (SSSR count). The molecule has 1 aromatic rings. The van der Waals surface area contributed by atoms with Gasteiger partial charge in [-0.3, -0.25) is 4.68 Å². The van der Waals surface area contributed by atoms with Crippen LogP contribution in [0.1, 0.15) is 29.3 Å². The van der Waals surface area contributed by atoms with Crippen LogP contribution in [-0.2, 0) is 16.0 Å². The van der Waals surface area contributed by atoms with Gasteiger partial charge >= 0.3 is 5.97 Å². The zero-order valence-electron chi connectivity index (χ0n) is 8.34. The van der Waals surface area contributed by atoms with Crippen LogP contribution < -0.4 is 0 Å². The van der Waals surface area contributed by atoms with Crippen molar-refractivity contribution >= 4 is 5.97 Å². The summed E-state index contributed by atoms with van der Waals surface area (Å²) in [5.74, 6) is -0.483. The number of carbonyl (C=O) groups is 1. The van der Waals surface area contributed by atoms with Gasteiger partial charge in [0.1, 0.15) is 11.3 Å². The van der Waals surface area contributed by atoms with Gasteiger partial charge in [-0.1, -0.05) is 0 Å². The summed E-state index contributed by atoms with van der Waals surface area (Å²) < 4.78 is 11.4. The summed E-state index contributed by atoms with van der Waals surface area (Å²) in [4.78, 5) is 11.5. The number of ether oxygens (including phenoxy) is 2. The Bertz CT molecular complexity index is 374. The number of nitrogens with zero attached hydrogens (tertiary/aromatic N) is 2. The third-order valence-corrected chi connectivity index (χ3v) is 2.19. The highest BCUT2D eigenvalue weighted by Crippen LogP contribution is 2.23. The normalized spacial score (nSPS) is 19.7. The molecule has 0 saturated carbocycles. The zero-order valence-corrected chi connectivity index (χ0v) is 8.34. The lowest BCUT2D eigenvalue weighted by Gasteiger charge is -2.20. The first-order valence-corrected chi connectivity index (χ1v) is 4.76. The van der Waals surface area contributed by atoms with Gasteiger partial charge < -0.3 is 14.6 Å². The average Bonchev–Trinajstić information content (AvgIpc) is 2.63. The Labute approximate surface area is 86.4 Å². The van der Waals surface area contributed by atoms with E-state index in [-0.39, 0.29) is 5.56 Å². The first kappa shape index (κ1) is 10.1. The Morgan fingerprint density at radius 2 is 2.67 bits per heavy atom. The van der Waals surface area contributed by atoms with Crippen LogP contribution in [-0.4, -0.2) is 34.1 Å². The van der Waals surface area contributed by atoms with Crippen molar-refractivity contribution in [3.63, 3.8) is 0 Å². The largest absolute Gasteiger partial charge is 0.462 e. The van der Waals surface area contributed by atoms with E-state index in [2.05, 4.69) is 5.10 Å². The minimum Gasteiger partial charge on any atom is -0.462 e. The van der Waals surface area contributed by atoms with E-state index in [9.17, 15) is 9.90 Å². The van der Waals surface area contributed by atoms with E-state index >= 15 is 0 Å². The minimum absolute atomic E-state index is 0.268. The van der Waals surface area contributed by atoms with Crippen molar-refractivity contribution in [1.82, 2.24) is 9.78 Å². The number of aliphatic hydroxyl groups excluding tert-OH is 1. The third kappa shape index (κ3) is 1.73. The average molecular weight is 212 g/mol. The second-order valence-electron chi connectivity index (χ2n) is 3.11. The molecular formula is C9H12N2O4. The topological polar surface area (TPSA) is 73.6 Å². The van der Waals surface area contributed by atoms with Gasteiger partial charge in [0.05, 0.1) is 26.0 Å². The van der Waals surface area contributed by atoms with Crippen molar-refractivity contribution in [2.75, 3.05) is 13.2 Å². The molecule has 0 spiro atoms. The first-order valence-electron chi connectivity index (χ1n) is 4.76. The van der Waals surface area contributed by atoms with Crippen LogP contribution in [0.5, 0.6) is 0 Å². The molecule has 0 radical (unpaired) electrons. The lowest BCUT2D eigenvalue weighted by atomic mass is 10.2. The van der Waals surface area contributed by atoms with Crippen molar-refractivity contribution < 1.29 is 19.4 Å². The van der Waals surface area contributed by atoms with E-state index in [4.69, 9.17) is 9.47 Å². The van der Waals surface area contributed by atoms with E-state index in [0.29, 0.717) is 25.5 Å². The highest BCUT2D eigenvalue weighted by Gasteiger charge is 2.27. The van der Waals surface area contributed by atoms with Crippen LogP contribution in [0.2, 0.25) is 0 Å². The number of hydrogen-bond donors (Lipinski definition) is 1. The Morgan fingerprint density at radius 3 is 3.40 bits per heavy atom. The number of aliphatic hydroxyl groups is 1. The molecule has 2 heterocycles. The Kier molecular flexibility index (Phi) is 2.70. The highest BCUT2D eigenvalue weighted by molar-refractivity contribution is 5.90. The molecule has 0 aliphatic carbocycles. The summed E-state index contributed by atoms with van der Waals surface area (Å²) >= 11 is 0. The quantitative estimate of drug-likeness (QED) is 0.703. The molecule has 1 unspecified atom stereocenters. The Hall–Kier alpha value is -1.40. The second kappa shape index (κ2) is 4.00. The van der Waals surface area contributed by atoms with Gasteiger partial charge in [0, 0.05) is 0 Å². The molecule has 1 atom stereocenters. The predicted octanol–water partition coefficient (Wildman–Crippen LogP) is 0.0809. The third-order valence-electron chi connectivity index (χ3n) is 2.19. The van der Waals surface area contributed by atoms with Crippen molar-refractivity contribution in [3.05, 3.63) is 17.5 Å². The monoisotopic (exact) mass is 212 g/mol. The van der Waals surface area contributed by atoms with Gasteiger partial charge in [-0.25, -0.2) is 4.79 Å². The lowest BCUT2D eigenvalue weighted by Crippen LogP contribution is -2.24. The maximum atomic E-state index is 11.5. The Balaban J connectivity index is 2.33. The minimum atomic E-state index is -1.10. The summed E-state index contributed by atoms with van der Waals surface area (Å²) in [7, 11) is 0. The molecule has 6 nitrogen and oxygen atoms in total. The predicted molar refractivity (Wildman–Crippen MR) is 49.1 cm³/mol. The molecule has 0 fully saturated rings. The second-order valence-corrected chi connectivity index (χ2v) is 3.11. The SMILES string of the molecule is CCOC(=O)c1cnn2c1C(O)OCC2. The van der Waals surface area contributed by atoms with Crippen LogP contribution in [0, 0.1) is 0 Å². The maximum Gasteiger partial charge on any atom is 0.341 e. The fourth-order valence-electron chi connectivity index (χ4n) is 1.53. The maximum absolute atomic E-state index is 11.5. The molecule has 1 aliphatic rings. The van der Waals surface area contributed by atoms with Gasteiger partial charge in [0.15, 0.2) is 6.29 Å². The summed E-state index contributed by atoms with van der Waals surface area (Å²) in [6, 6.07) is 0. The van der Waals surface area contributed by atoms with E-state index in [1.807, 2.05) is 0 Å². The number of esters is 1. The van der Waals surface area contributed by atoms with Crippen molar-refractivity contribution in [1.29, 1.82) is 0 Å². The zero-order chi connectivity index (χ0) is 10.8. The Morgan fingerprint density at radius 1 is 1.87 bits per heavy atom. The van der Waals surface area contributed by atoms with Crippen LogP contribution in [0.4, 0.5) is 0 Å². The molecular weight excluding hydrogens is 200 g/mol. The molecule has 0 aromatic carbocycles. The number of carbonyl (C=O) groups excluding carboxylic acids is 1. The van der Waals surface area contributed by atoms with Crippen LogP contribution >= 0.6 is 0 Å². The van der Waals surface area contributed by atoms with Crippen LogP contribution in [0.3, 0.4) is 0 Å². The summed E-state index contributed by atoms with van der Waals surface area (Å²) in [5, 5.41) is 13.5. The van der Waals surface area contributed by atoms with Gasteiger partial charge in [-0.2, -0.15) is 5.10 Å². The van der Waals surface area contributed by atoms with Crippen LogP contribution in [0.15, 0.2) is 6.20 Å². The fraction of sp³-hybridized carbons (Fsp3) is 0.556. The van der Waals surface area contributed by atoms with Gasteiger partial charge in [-0.15, -0.1) is 0 Å². The van der Waals surface area contributed by atoms with E-state index in [1.54, 1.807) is 11.6 Å². The van der Waals surface area contributed by atoms with Gasteiger partial charge in [0.25, 0.3) is 0 Å². The van der Waals surface area contributed by atoms with E-state index in [0.717, 1.165) is 0 Å². The molecule has 0 bridgehead atoms. The summed E-state index contributed by atoms with van der Waals surface area (Å²) in [5.41, 5.74) is 0.642. The molecule has 1 aliphatic heterocycles. The number of rotatable bonds is 2. The molecule has 6 heteroatoms. The van der Waals surface area contributed by atoms with Crippen molar-refractivity contribution in [2.45, 2.75) is 19.8 Å². The lowest BCUT2D eigenvalue weighted by molar-refractivity contribution is -0.126. The van der Waals surface area contributed by atoms with Crippen LogP contribution in [0.25, 0.3) is 0 Å². The molecule has 1 aromatic heterocycles. The molecule has 1 N–H and O–H groups in total. The standard InChI is InChI=1S/C9H12N2O4/c1-2-14-8(12)6-5-10-11-3-4-15-9(13)7(6)11/h5,9,13H,2-4H2,1H3. The molecule has 0 saturated heterocycles. The van der Waals surface area contributed by atoms with E-state index < -0.39 is 12.3 Å². The fourth-order valence-corrected chi connectivity index (χ4v) is 1.53. The number of aromatic nitrogens is 2. The highest BCUT2D eigenvalue weighted by atomic mass is 16.6. The van der Waals surface area contributed by atoms with Gasteiger partial charge in [-0.05, 0) is 6.92 Å². The van der Waals surface area contributed by atoms with Gasteiger partial charge in [0.2, 0.25) is 0 Å². The molecule has 82 valence electrons. The smallest absolute Gasteiger partial charge is 0.341 e. The number of fused-ring (bicyclic) bond motifs is 1. The molecule has 15 heavy (non-hydrogen) atoms. The van der Waals surface area contributed by atoms with Crippen molar-refractivity contribution in [2.24, 2.45) is 0 Å². The van der Waals surface area contributed by atoms with E-state index in [1.165, 1.54) is 6.20 Å². The first-order chi connectivity index (χ1) is 7.24.